The molecule has 0 spiro atoms. The minimum Gasteiger partial charge on any atom is -0.459 e. The highest BCUT2D eigenvalue weighted by Gasteiger charge is 2.50. The molecule has 1 heterocycles. The second-order valence-electron chi connectivity index (χ2n) is 5.67. The standard InChI is InChI=1S/C14H16O2/c1-13-8-12(15)16-14(2,9-13)7-10-5-3-4-6-11(10)13/h3-6H,7-9H2,1-2H3/t13-,14-/m0/s1. The normalized spacial score (nSPS) is 36.5. The van der Waals surface area contributed by atoms with Crippen LogP contribution in [0.1, 0.15) is 37.8 Å². The number of hydrogen-bond donors (Lipinski definition) is 0. The summed E-state index contributed by atoms with van der Waals surface area (Å²) in [6.45, 7) is 4.24. The summed E-state index contributed by atoms with van der Waals surface area (Å²) in [6.07, 6.45) is 2.31. The molecule has 2 aliphatic rings. The Labute approximate surface area is 95.6 Å². The molecule has 1 aromatic carbocycles. The molecule has 1 aliphatic heterocycles. The Balaban J connectivity index is 2.18. The largest absolute Gasteiger partial charge is 0.459 e. The van der Waals surface area contributed by atoms with E-state index in [1.165, 1.54) is 11.1 Å². The van der Waals surface area contributed by atoms with Gasteiger partial charge >= 0.3 is 5.97 Å². The maximum Gasteiger partial charge on any atom is 0.307 e. The van der Waals surface area contributed by atoms with E-state index in [1.54, 1.807) is 0 Å². The minimum atomic E-state index is -0.293. The van der Waals surface area contributed by atoms with Gasteiger partial charge in [0.1, 0.15) is 5.60 Å². The Morgan fingerprint density at radius 1 is 1.19 bits per heavy atom. The topological polar surface area (TPSA) is 26.3 Å². The van der Waals surface area contributed by atoms with Gasteiger partial charge in [0.15, 0.2) is 0 Å². The van der Waals surface area contributed by atoms with Crippen LogP contribution in [0.15, 0.2) is 24.3 Å². The summed E-state index contributed by atoms with van der Waals surface area (Å²) < 4.78 is 5.53. The molecule has 1 saturated heterocycles. The fourth-order valence-electron chi connectivity index (χ4n) is 3.51. The Morgan fingerprint density at radius 3 is 2.75 bits per heavy atom. The molecule has 3 rings (SSSR count). The zero-order chi connectivity index (χ0) is 11.4. The summed E-state index contributed by atoms with van der Waals surface area (Å²) in [6, 6.07) is 8.44. The van der Waals surface area contributed by atoms with Gasteiger partial charge in [-0.2, -0.15) is 0 Å². The smallest absolute Gasteiger partial charge is 0.307 e. The van der Waals surface area contributed by atoms with E-state index in [0.717, 1.165) is 12.8 Å². The molecule has 0 N–H and O–H groups in total. The molecule has 0 radical (unpaired) electrons. The van der Waals surface area contributed by atoms with Crippen molar-refractivity contribution < 1.29 is 9.53 Å². The fraction of sp³-hybridized carbons (Fsp3) is 0.500. The first-order chi connectivity index (χ1) is 7.51. The molecule has 2 atom stereocenters. The molecule has 84 valence electrons. The van der Waals surface area contributed by atoms with Crippen molar-refractivity contribution in [3.8, 4) is 0 Å². The maximum atomic E-state index is 11.7. The van der Waals surface area contributed by atoms with Gasteiger partial charge in [-0.1, -0.05) is 31.2 Å². The zero-order valence-electron chi connectivity index (χ0n) is 9.75. The van der Waals surface area contributed by atoms with Crippen LogP contribution >= 0.6 is 0 Å². The number of hydrogen-bond acceptors (Lipinski definition) is 2. The Hall–Kier alpha value is -1.31. The first-order valence-corrected chi connectivity index (χ1v) is 5.81. The average molecular weight is 216 g/mol. The summed E-state index contributed by atoms with van der Waals surface area (Å²) in [5, 5.41) is 0. The Morgan fingerprint density at radius 2 is 1.94 bits per heavy atom. The van der Waals surface area contributed by atoms with E-state index in [-0.39, 0.29) is 17.0 Å². The number of benzene rings is 1. The summed E-state index contributed by atoms with van der Waals surface area (Å²) >= 11 is 0. The van der Waals surface area contributed by atoms with Crippen LogP contribution in [-0.2, 0) is 21.4 Å². The second kappa shape index (κ2) is 2.88. The zero-order valence-corrected chi connectivity index (χ0v) is 9.75. The third-order valence-corrected chi connectivity index (χ3v) is 3.89. The summed E-state index contributed by atoms with van der Waals surface area (Å²) in [7, 11) is 0. The highest BCUT2D eigenvalue weighted by atomic mass is 16.6. The molecule has 0 aromatic heterocycles. The lowest BCUT2D eigenvalue weighted by atomic mass is 9.63. The van der Waals surface area contributed by atoms with E-state index in [4.69, 9.17) is 4.74 Å². The van der Waals surface area contributed by atoms with Gasteiger partial charge in [-0.05, 0) is 24.5 Å². The highest BCUT2D eigenvalue weighted by Crippen LogP contribution is 2.48. The van der Waals surface area contributed by atoms with Crippen molar-refractivity contribution in [2.24, 2.45) is 0 Å². The Bertz CT molecular complexity index is 466. The van der Waals surface area contributed by atoms with E-state index in [1.807, 2.05) is 0 Å². The maximum absolute atomic E-state index is 11.7. The molecule has 1 aliphatic carbocycles. The lowest BCUT2D eigenvalue weighted by Crippen LogP contribution is -2.51. The van der Waals surface area contributed by atoms with Crippen LogP contribution in [0.2, 0.25) is 0 Å². The first kappa shape index (κ1) is 9.88. The van der Waals surface area contributed by atoms with Crippen LogP contribution in [0.3, 0.4) is 0 Å². The third-order valence-electron chi connectivity index (χ3n) is 3.89. The summed E-state index contributed by atoms with van der Waals surface area (Å²) in [4.78, 5) is 11.7. The van der Waals surface area contributed by atoms with Gasteiger partial charge in [0.05, 0.1) is 6.42 Å². The highest BCUT2D eigenvalue weighted by molar-refractivity contribution is 5.74. The van der Waals surface area contributed by atoms with Crippen LogP contribution < -0.4 is 0 Å². The summed E-state index contributed by atoms with van der Waals surface area (Å²) in [5.41, 5.74) is 2.35. The molecule has 1 fully saturated rings. The molecule has 2 heteroatoms. The predicted molar refractivity (Wildman–Crippen MR) is 61.2 cm³/mol. The number of esters is 1. The van der Waals surface area contributed by atoms with Crippen molar-refractivity contribution in [2.75, 3.05) is 0 Å². The van der Waals surface area contributed by atoms with Crippen molar-refractivity contribution in [3.05, 3.63) is 35.4 Å². The first-order valence-electron chi connectivity index (χ1n) is 5.81. The molecule has 0 amide bonds. The number of carbonyl (C=O) groups excluding carboxylic acids is 1. The molecule has 1 aromatic rings. The van der Waals surface area contributed by atoms with Gasteiger partial charge in [0.25, 0.3) is 0 Å². The molecule has 2 bridgehead atoms. The van der Waals surface area contributed by atoms with Crippen LogP contribution in [-0.4, -0.2) is 11.6 Å². The van der Waals surface area contributed by atoms with E-state index >= 15 is 0 Å². The minimum absolute atomic E-state index is 0.0288. The predicted octanol–water partition coefficient (Wildman–Crippen LogP) is 2.60. The van der Waals surface area contributed by atoms with E-state index in [0.29, 0.717) is 6.42 Å². The number of rotatable bonds is 0. The fourth-order valence-corrected chi connectivity index (χ4v) is 3.51. The van der Waals surface area contributed by atoms with E-state index in [9.17, 15) is 4.79 Å². The lowest BCUT2D eigenvalue weighted by Gasteiger charge is -2.48. The average Bonchev–Trinajstić information content (AvgIpc) is 2.14. The van der Waals surface area contributed by atoms with Crippen molar-refractivity contribution >= 4 is 5.97 Å². The van der Waals surface area contributed by atoms with Gasteiger partial charge in [0.2, 0.25) is 0 Å². The van der Waals surface area contributed by atoms with Crippen molar-refractivity contribution in [3.63, 3.8) is 0 Å². The quantitative estimate of drug-likeness (QED) is 0.623. The van der Waals surface area contributed by atoms with E-state index in [2.05, 4.69) is 38.1 Å². The molecule has 16 heavy (non-hydrogen) atoms. The third kappa shape index (κ3) is 1.29. The molecule has 0 unspecified atom stereocenters. The molecule has 0 saturated carbocycles. The SMILES string of the molecule is C[C@@]12Cc3ccccc3[C@@](C)(CC(=O)O1)C2. The van der Waals surface area contributed by atoms with Gasteiger partial charge in [0, 0.05) is 11.8 Å². The molecule has 2 nitrogen and oxygen atoms in total. The van der Waals surface area contributed by atoms with Gasteiger partial charge in [-0.25, -0.2) is 0 Å². The lowest BCUT2D eigenvalue weighted by molar-refractivity contribution is -0.172. The monoisotopic (exact) mass is 216 g/mol. The second-order valence-corrected chi connectivity index (χ2v) is 5.67. The van der Waals surface area contributed by atoms with Crippen molar-refractivity contribution in [2.45, 2.75) is 44.1 Å². The van der Waals surface area contributed by atoms with Gasteiger partial charge in [-0.3, -0.25) is 4.79 Å². The summed E-state index contributed by atoms with van der Waals surface area (Å²) in [5.74, 6) is -0.0502. The van der Waals surface area contributed by atoms with Crippen LogP contribution in [0.4, 0.5) is 0 Å². The van der Waals surface area contributed by atoms with Gasteiger partial charge < -0.3 is 4.74 Å². The molecular weight excluding hydrogens is 200 g/mol. The number of ether oxygens (including phenoxy) is 1. The van der Waals surface area contributed by atoms with E-state index < -0.39 is 0 Å². The van der Waals surface area contributed by atoms with Gasteiger partial charge in [-0.15, -0.1) is 0 Å². The number of carbonyl (C=O) groups is 1. The molecular formula is C14H16O2. The van der Waals surface area contributed by atoms with Crippen LogP contribution in [0.25, 0.3) is 0 Å². The van der Waals surface area contributed by atoms with Crippen LogP contribution in [0, 0.1) is 0 Å². The van der Waals surface area contributed by atoms with Crippen molar-refractivity contribution in [1.82, 2.24) is 0 Å². The Kier molecular flexibility index (Phi) is 1.78. The number of fused-ring (bicyclic) bond motifs is 4. The van der Waals surface area contributed by atoms with Crippen LogP contribution in [0.5, 0.6) is 0 Å². The van der Waals surface area contributed by atoms with Crippen molar-refractivity contribution in [1.29, 1.82) is 0 Å².